The Morgan fingerprint density at radius 1 is 1.50 bits per heavy atom. The highest BCUT2D eigenvalue weighted by Gasteiger charge is 2.03. The number of phenolic OH excluding ortho intramolecular Hbond substituents is 1. The lowest BCUT2D eigenvalue weighted by Gasteiger charge is -2.06. The van der Waals surface area contributed by atoms with Gasteiger partial charge in [-0.05, 0) is 18.6 Å². The molecule has 0 spiro atoms. The topological polar surface area (TPSA) is 62.1 Å². The number of aliphatic hydroxyl groups is 1. The van der Waals surface area contributed by atoms with Gasteiger partial charge in [0.2, 0.25) is 0 Å². The highest BCUT2D eigenvalue weighted by Crippen LogP contribution is 2.21. The number of aliphatic imine (C=N–C) groups is 1. The maximum Gasteiger partial charge on any atom is 0.128 e. The standard InChI is InChI=1S/C12H17NO3/c1-3-10(8-14)13-7-9-4-5-11(16-2)6-12(9)15/h4-7,10,14-15H,3,8H2,1-2H3/t10-/m0/s1. The SMILES string of the molecule is CC[C@@H](CO)N=Cc1ccc(OC)cc1O. The number of aromatic hydroxyl groups is 1. The van der Waals surface area contributed by atoms with E-state index in [2.05, 4.69) is 4.99 Å². The van der Waals surface area contributed by atoms with Gasteiger partial charge in [-0.3, -0.25) is 4.99 Å². The number of phenols is 1. The van der Waals surface area contributed by atoms with Crippen LogP contribution in [-0.4, -0.2) is 36.2 Å². The van der Waals surface area contributed by atoms with E-state index in [4.69, 9.17) is 9.84 Å². The van der Waals surface area contributed by atoms with E-state index in [1.54, 1.807) is 25.5 Å². The van der Waals surface area contributed by atoms with Crippen molar-refractivity contribution in [3.63, 3.8) is 0 Å². The van der Waals surface area contributed by atoms with Crippen LogP contribution in [0.4, 0.5) is 0 Å². The zero-order chi connectivity index (χ0) is 12.0. The van der Waals surface area contributed by atoms with Crippen LogP contribution in [0.1, 0.15) is 18.9 Å². The third kappa shape index (κ3) is 3.24. The molecule has 0 amide bonds. The van der Waals surface area contributed by atoms with Gasteiger partial charge in [0, 0.05) is 17.8 Å². The molecule has 1 atom stereocenters. The Morgan fingerprint density at radius 3 is 2.75 bits per heavy atom. The molecule has 0 aliphatic carbocycles. The molecule has 4 heteroatoms. The molecule has 0 heterocycles. The predicted molar refractivity (Wildman–Crippen MR) is 63.4 cm³/mol. The van der Waals surface area contributed by atoms with Gasteiger partial charge in [-0.1, -0.05) is 6.92 Å². The molecule has 88 valence electrons. The summed E-state index contributed by atoms with van der Waals surface area (Å²) in [5, 5.41) is 18.6. The van der Waals surface area contributed by atoms with E-state index in [1.807, 2.05) is 6.92 Å². The number of hydrogen-bond acceptors (Lipinski definition) is 4. The molecule has 1 rings (SSSR count). The summed E-state index contributed by atoms with van der Waals surface area (Å²) in [5.41, 5.74) is 0.618. The summed E-state index contributed by atoms with van der Waals surface area (Å²) in [6.07, 6.45) is 2.34. The van der Waals surface area contributed by atoms with Crippen LogP contribution < -0.4 is 4.74 Å². The summed E-state index contributed by atoms with van der Waals surface area (Å²) >= 11 is 0. The van der Waals surface area contributed by atoms with Crippen LogP contribution in [0.25, 0.3) is 0 Å². The Morgan fingerprint density at radius 2 is 2.25 bits per heavy atom. The van der Waals surface area contributed by atoms with Crippen LogP contribution in [0, 0.1) is 0 Å². The maximum atomic E-state index is 9.65. The van der Waals surface area contributed by atoms with Crippen molar-refractivity contribution in [2.75, 3.05) is 13.7 Å². The molecule has 16 heavy (non-hydrogen) atoms. The Labute approximate surface area is 95.2 Å². The van der Waals surface area contributed by atoms with Crippen LogP contribution in [0.2, 0.25) is 0 Å². The Kier molecular flexibility index (Phi) is 4.79. The van der Waals surface area contributed by atoms with Crippen LogP contribution in [0.5, 0.6) is 11.5 Å². The van der Waals surface area contributed by atoms with Crippen molar-refractivity contribution >= 4 is 6.21 Å². The first-order valence-electron chi connectivity index (χ1n) is 5.22. The molecule has 0 aliphatic rings. The van der Waals surface area contributed by atoms with Crippen LogP contribution >= 0.6 is 0 Å². The van der Waals surface area contributed by atoms with Gasteiger partial charge in [-0.25, -0.2) is 0 Å². The zero-order valence-corrected chi connectivity index (χ0v) is 9.55. The molecule has 0 unspecified atom stereocenters. The average Bonchev–Trinajstić information content (AvgIpc) is 2.32. The Hall–Kier alpha value is -1.55. The van der Waals surface area contributed by atoms with Crippen LogP contribution in [-0.2, 0) is 0 Å². The van der Waals surface area contributed by atoms with Gasteiger partial charge in [0.15, 0.2) is 0 Å². The van der Waals surface area contributed by atoms with Gasteiger partial charge in [0.25, 0.3) is 0 Å². The fraction of sp³-hybridized carbons (Fsp3) is 0.417. The van der Waals surface area contributed by atoms with E-state index in [9.17, 15) is 5.11 Å². The summed E-state index contributed by atoms with van der Waals surface area (Å²) in [6.45, 7) is 1.97. The van der Waals surface area contributed by atoms with E-state index >= 15 is 0 Å². The highest BCUT2D eigenvalue weighted by molar-refractivity contribution is 5.83. The Bertz CT molecular complexity index is 359. The van der Waals surface area contributed by atoms with Gasteiger partial charge in [-0.15, -0.1) is 0 Å². The first-order chi connectivity index (χ1) is 7.71. The van der Waals surface area contributed by atoms with Gasteiger partial charge in [0.1, 0.15) is 11.5 Å². The van der Waals surface area contributed by atoms with Crippen molar-refractivity contribution in [3.8, 4) is 11.5 Å². The van der Waals surface area contributed by atoms with Crippen molar-refractivity contribution in [2.24, 2.45) is 4.99 Å². The smallest absolute Gasteiger partial charge is 0.128 e. The summed E-state index contributed by atoms with van der Waals surface area (Å²) in [4.78, 5) is 4.17. The molecule has 4 nitrogen and oxygen atoms in total. The number of methoxy groups -OCH3 is 1. The third-order valence-electron chi connectivity index (χ3n) is 2.34. The number of rotatable bonds is 5. The molecule has 0 saturated heterocycles. The lowest BCUT2D eigenvalue weighted by Crippen LogP contribution is -2.08. The van der Waals surface area contributed by atoms with Gasteiger partial charge < -0.3 is 14.9 Å². The molecule has 0 aromatic heterocycles. The van der Waals surface area contributed by atoms with Crippen molar-refractivity contribution in [1.82, 2.24) is 0 Å². The molecule has 1 aromatic carbocycles. The quantitative estimate of drug-likeness (QED) is 0.745. The molecule has 0 aliphatic heterocycles. The van der Waals surface area contributed by atoms with E-state index in [0.717, 1.165) is 6.42 Å². The fourth-order valence-electron chi connectivity index (χ4n) is 1.23. The number of ether oxygens (including phenoxy) is 1. The highest BCUT2D eigenvalue weighted by atomic mass is 16.5. The lowest BCUT2D eigenvalue weighted by atomic mass is 10.2. The van der Waals surface area contributed by atoms with Crippen molar-refractivity contribution in [2.45, 2.75) is 19.4 Å². The summed E-state index contributed by atoms with van der Waals surface area (Å²) in [7, 11) is 1.54. The molecule has 1 aromatic rings. The maximum absolute atomic E-state index is 9.65. The molecule has 0 fully saturated rings. The molecule has 0 saturated carbocycles. The average molecular weight is 223 g/mol. The number of nitrogens with zero attached hydrogens (tertiary/aromatic N) is 1. The first kappa shape index (κ1) is 12.5. The van der Waals surface area contributed by atoms with E-state index in [1.165, 1.54) is 6.07 Å². The van der Waals surface area contributed by atoms with Gasteiger partial charge >= 0.3 is 0 Å². The number of aliphatic hydroxyl groups excluding tert-OH is 1. The van der Waals surface area contributed by atoms with Gasteiger partial charge in [-0.2, -0.15) is 0 Å². The van der Waals surface area contributed by atoms with Crippen LogP contribution in [0.3, 0.4) is 0 Å². The summed E-state index contributed by atoms with van der Waals surface area (Å²) in [6, 6.07) is 4.89. The third-order valence-corrected chi connectivity index (χ3v) is 2.34. The lowest BCUT2D eigenvalue weighted by molar-refractivity contribution is 0.264. The molecular formula is C12H17NO3. The Balaban J connectivity index is 2.81. The van der Waals surface area contributed by atoms with Gasteiger partial charge in [0.05, 0.1) is 19.8 Å². The first-order valence-corrected chi connectivity index (χ1v) is 5.22. The minimum atomic E-state index is -0.110. The normalized spacial score (nSPS) is 12.9. The largest absolute Gasteiger partial charge is 0.507 e. The molecule has 0 bridgehead atoms. The van der Waals surface area contributed by atoms with Crippen LogP contribution in [0.15, 0.2) is 23.2 Å². The minimum absolute atomic E-state index is 0.0178. The second-order valence-corrected chi connectivity index (χ2v) is 3.45. The second kappa shape index (κ2) is 6.12. The zero-order valence-electron chi connectivity index (χ0n) is 9.55. The molecular weight excluding hydrogens is 206 g/mol. The molecule has 0 radical (unpaired) electrons. The van der Waals surface area contributed by atoms with E-state index < -0.39 is 0 Å². The van der Waals surface area contributed by atoms with E-state index in [0.29, 0.717) is 11.3 Å². The van der Waals surface area contributed by atoms with Crippen molar-refractivity contribution < 1.29 is 14.9 Å². The summed E-state index contributed by atoms with van der Waals surface area (Å²) in [5.74, 6) is 0.722. The van der Waals surface area contributed by atoms with Crippen molar-refractivity contribution in [1.29, 1.82) is 0 Å². The number of benzene rings is 1. The summed E-state index contributed by atoms with van der Waals surface area (Å²) < 4.78 is 4.97. The number of hydrogen-bond donors (Lipinski definition) is 2. The molecule has 2 N–H and O–H groups in total. The van der Waals surface area contributed by atoms with E-state index in [-0.39, 0.29) is 18.4 Å². The second-order valence-electron chi connectivity index (χ2n) is 3.45. The minimum Gasteiger partial charge on any atom is -0.507 e. The fourth-order valence-corrected chi connectivity index (χ4v) is 1.23. The van der Waals surface area contributed by atoms with Crippen molar-refractivity contribution in [3.05, 3.63) is 23.8 Å². The predicted octanol–water partition coefficient (Wildman–Crippen LogP) is 1.59. The monoisotopic (exact) mass is 223 g/mol.